The van der Waals surface area contributed by atoms with Crippen LogP contribution < -0.4 is 5.32 Å². The molecule has 2 saturated carbocycles. The molecule has 0 spiro atoms. The number of thiazole rings is 1. The molecular weight excluding hydrogens is 394 g/mol. The summed E-state index contributed by atoms with van der Waals surface area (Å²) in [4.78, 5) is 29.6. The van der Waals surface area contributed by atoms with Crippen LogP contribution in [-0.2, 0) is 11.2 Å². The Kier molecular flexibility index (Phi) is 6.97. The normalized spacial score (nSPS) is 22.6. The lowest BCUT2D eigenvalue weighted by atomic mass is 9.82. The number of carbonyl (C=O) groups is 1. The Morgan fingerprint density at radius 3 is 2.60 bits per heavy atom. The van der Waals surface area contributed by atoms with Crippen molar-refractivity contribution < 1.29 is 4.79 Å². The molecule has 0 unspecified atom stereocenters. The van der Waals surface area contributed by atoms with Crippen molar-refractivity contribution >= 4 is 28.2 Å². The Hall–Kier alpha value is -2.02. The largest absolute Gasteiger partial charge is 0.343 e. The number of hydrogen-bond donors (Lipinski definition) is 1. The van der Waals surface area contributed by atoms with Crippen LogP contribution in [0.1, 0.15) is 68.5 Å². The van der Waals surface area contributed by atoms with Crippen molar-refractivity contribution in [2.75, 3.05) is 12.4 Å². The van der Waals surface area contributed by atoms with Gasteiger partial charge < -0.3 is 10.2 Å². The third-order valence-electron chi connectivity index (χ3n) is 6.70. The number of aromatic nitrogens is 3. The maximum atomic E-state index is 12.9. The fraction of sp³-hybridized carbons (Fsp3) is 0.652. The molecule has 0 aromatic carbocycles. The van der Waals surface area contributed by atoms with Crippen LogP contribution in [0.25, 0.3) is 0 Å². The molecule has 0 saturated heterocycles. The third-order valence-corrected chi connectivity index (χ3v) is 7.53. The Morgan fingerprint density at radius 1 is 1.13 bits per heavy atom. The van der Waals surface area contributed by atoms with Gasteiger partial charge in [-0.15, -0.1) is 11.3 Å². The van der Waals surface area contributed by atoms with E-state index in [9.17, 15) is 4.79 Å². The second-order valence-electron chi connectivity index (χ2n) is 8.92. The van der Waals surface area contributed by atoms with Crippen molar-refractivity contribution in [2.45, 2.75) is 77.2 Å². The molecule has 6 nitrogen and oxygen atoms in total. The summed E-state index contributed by atoms with van der Waals surface area (Å²) < 4.78 is 0. The molecule has 2 aromatic rings. The molecule has 2 heterocycles. The summed E-state index contributed by atoms with van der Waals surface area (Å²) in [5, 5.41) is 4.14. The molecule has 2 aliphatic carbocycles. The van der Waals surface area contributed by atoms with Gasteiger partial charge in [0.15, 0.2) is 5.13 Å². The minimum Gasteiger partial charge on any atom is -0.343 e. The summed E-state index contributed by atoms with van der Waals surface area (Å²) >= 11 is 1.62. The van der Waals surface area contributed by atoms with Gasteiger partial charge in [-0.1, -0.05) is 19.3 Å². The maximum absolute atomic E-state index is 12.9. The average Bonchev–Trinajstić information content (AvgIpc) is 3.18. The summed E-state index contributed by atoms with van der Waals surface area (Å²) in [6.45, 7) is 2.05. The van der Waals surface area contributed by atoms with Crippen LogP contribution in [-0.4, -0.2) is 38.8 Å². The van der Waals surface area contributed by atoms with Gasteiger partial charge in [-0.2, -0.15) is 0 Å². The quantitative estimate of drug-likeness (QED) is 0.692. The SMILES string of the molecule is Cc1cnc(Nc2ccnc(CC3CCC(N(C)C(=O)C4CCCCC4)CC3)n2)s1. The summed E-state index contributed by atoms with van der Waals surface area (Å²) in [7, 11) is 2.03. The number of nitrogens with one attached hydrogen (secondary N) is 1. The lowest BCUT2D eigenvalue weighted by Crippen LogP contribution is -2.43. The van der Waals surface area contributed by atoms with Crippen LogP contribution in [0, 0.1) is 18.8 Å². The van der Waals surface area contributed by atoms with Gasteiger partial charge in [-0.3, -0.25) is 4.79 Å². The zero-order chi connectivity index (χ0) is 20.9. The van der Waals surface area contributed by atoms with Crippen molar-refractivity contribution in [1.29, 1.82) is 0 Å². The Labute approximate surface area is 183 Å². The first kappa shape index (κ1) is 21.2. The second kappa shape index (κ2) is 9.86. The molecule has 30 heavy (non-hydrogen) atoms. The molecule has 162 valence electrons. The number of rotatable bonds is 6. The van der Waals surface area contributed by atoms with Crippen molar-refractivity contribution in [1.82, 2.24) is 19.9 Å². The van der Waals surface area contributed by atoms with E-state index in [1.165, 1.54) is 24.1 Å². The number of carbonyl (C=O) groups excluding carboxylic acids is 1. The standard InChI is InChI=1S/C23H33N5OS/c1-16-15-25-23(30-16)27-20-12-13-24-21(26-20)14-17-8-10-19(11-9-17)28(2)22(29)18-6-4-3-5-7-18/h12-13,15,17-19H,3-11,14H2,1-2H3,(H,24,25,26,27). The van der Waals surface area contributed by atoms with Crippen molar-refractivity contribution in [3.63, 3.8) is 0 Å². The highest BCUT2D eigenvalue weighted by Crippen LogP contribution is 2.32. The van der Waals surface area contributed by atoms with Gasteiger partial charge in [0.05, 0.1) is 0 Å². The highest BCUT2D eigenvalue weighted by Gasteiger charge is 2.31. The molecule has 2 fully saturated rings. The number of anilines is 2. The number of hydrogen-bond acceptors (Lipinski definition) is 6. The minimum atomic E-state index is 0.270. The van der Waals surface area contributed by atoms with E-state index in [4.69, 9.17) is 4.98 Å². The molecule has 2 aromatic heterocycles. The van der Waals surface area contributed by atoms with E-state index in [-0.39, 0.29) is 5.92 Å². The van der Waals surface area contributed by atoms with Gasteiger partial charge in [-0.25, -0.2) is 15.0 Å². The maximum Gasteiger partial charge on any atom is 0.225 e. The molecular formula is C23H33N5OS. The van der Waals surface area contributed by atoms with Gasteiger partial charge in [0.1, 0.15) is 11.6 Å². The number of aryl methyl sites for hydroxylation is 1. The Bertz CT molecular complexity index is 840. The molecule has 2 aliphatic rings. The Balaban J connectivity index is 1.27. The molecule has 4 rings (SSSR count). The molecule has 7 heteroatoms. The predicted molar refractivity (Wildman–Crippen MR) is 121 cm³/mol. The van der Waals surface area contributed by atoms with Crippen molar-refractivity contribution in [3.8, 4) is 0 Å². The fourth-order valence-electron chi connectivity index (χ4n) is 4.90. The minimum absolute atomic E-state index is 0.270. The van der Waals surface area contributed by atoms with E-state index in [2.05, 4.69) is 20.2 Å². The van der Waals surface area contributed by atoms with Gasteiger partial charge in [0.2, 0.25) is 5.91 Å². The Morgan fingerprint density at radius 2 is 1.90 bits per heavy atom. The lowest BCUT2D eigenvalue weighted by molar-refractivity contribution is -0.138. The summed E-state index contributed by atoms with van der Waals surface area (Å²) in [6.07, 6.45) is 14.9. The lowest BCUT2D eigenvalue weighted by Gasteiger charge is -2.37. The fourth-order valence-corrected chi connectivity index (χ4v) is 5.57. The first-order valence-corrected chi connectivity index (χ1v) is 12.2. The smallest absolute Gasteiger partial charge is 0.225 e. The molecule has 1 N–H and O–H groups in total. The topological polar surface area (TPSA) is 71.0 Å². The zero-order valence-corrected chi connectivity index (χ0v) is 19.0. The highest BCUT2D eigenvalue weighted by atomic mass is 32.1. The van der Waals surface area contributed by atoms with Gasteiger partial charge in [-0.05, 0) is 57.4 Å². The molecule has 0 aliphatic heterocycles. The van der Waals surface area contributed by atoms with Gasteiger partial charge in [0.25, 0.3) is 0 Å². The van der Waals surface area contributed by atoms with Crippen LogP contribution >= 0.6 is 11.3 Å². The summed E-state index contributed by atoms with van der Waals surface area (Å²) in [6, 6.07) is 2.29. The van der Waals surface area contributed by atoms with Crippen LogP contribution in [0.4, 0.5) is 10.9 Å². The first-order chi connectivity index (χ1) is 14.6. The molecule has 0 radical (unpaired) electrons. The van der Waals surface area contributed by atoms with Crippen molar-refractivity contribution in [3.05, 3.63) is 29.2 Å². The monoisotopic (exact) mass is 427 g/mol. The van der Waals surface area contributed by atoms with E-state index in [1.54, 1.807) is 11.3 Å². The third kappa shape index (κ3) is 5.36. The van der Waals surface area contributed by atoms with E-state index in [0.717, 1.165) is 61.7 Å². The number of amides is 1. The van der Waals surface area contributed by atoms with Crippen molar-refractivity contribution in [2.24, 2.45) is 11.8 Å². The zero-order valence-electron chi connectivity index (χ0n) is 18.1. The van der Waals surface area contributed by atoms with E-state index < -0.39 is 0 Å². The molecule has 1 amide bonds. The van der Waals surface area contributed by atoms with Gasteiger partial charge >= 0.3 is 0 Å². The highest BCUT2D eigenvalue weighted by molar-refractivity contribution is 7.15. The van der Waals surface area contributed by atoms with Crippen LogP contribution in [0.3, 0.4) is 0 Å². The van der Waals surface area contributed by atoms with E-state index >= 15 is 0 Å². The van der Waals surface area contributed by atoms with E-state index in [1.807, 2.05) is 32.4 Å². The van der Waals surface area contributed by atoms with E-state index in [0.29, 0.717) is 17.9 Å². The predicted octanol–water partition coefficient (Wildman–Crippen LogP) is 5.13. The molecule has 0 bridgehead atoms. The second-order valence-corrected chi connectivity index (χ2v) is 10.2. The van der Waals surface area contributed by atoms with Crippen LogP contribution in [0.5, 0.6) is 0 Å². The summed E-state index contributed by atoms with van der Waals surface area (Å²) in [5.41, 5.74) is 0. The average molecular weight is 428 g/mol. The summed E-state index contributed by atoms with van der Waals surface area (Å²) in [5.74, 6) is 2.95. The number of nitrogens with zero attached hydrogens (tertiary/aromatic N) is 4. The van der Waals surface area contributed by atoms with Crippen LogP contribution in [0.2, 0.25) is 0 Å². The molecule has 0 atom stereocenters. The first-order valence-electron chi connectivity index (χ1n) is 11.4. The van der Waals surface area contributed by atoms with Crippen LogP contribution in [0.15, 0.2) is 18.5 Å². The van der Waals surface area contributed by atoms with Gasteiger partial charge in [0, 0.05) is 42.7 Å².